The van der Waals surface area contributed by atoms with Crippen LogP contribution in [0, 0.1) is 0 Å². The molecule has 0 saturated heterocycles. The average molecular weight is 267 g/mol. The third kappa shape index (κ3) is 3.69. The highest BCUT2D eigenvalue weighted by Crippen LogP contribution is 2.34. The maximum absolute atomic E-state index is 4.60. The second-order valence-electron chi connectivity index (χ2n) is 6.66. The highest BCUT2D eigenvalue weighted by atomic mass is 14.8. The zero-order chi connectivity index (χ0) is 14.8. The fraction of sp³-hybridized carbons (Fsp3) is 0.421. The molecule has 20 heavy (non-hydrogen) atoms. The predicted octanol–water partition coefficient (Wildman–Crippen LogP) is 5.09. The first-order valence-corrected chi connectivity index (χ1v) is 7.35. The lowest BCUT2D eigenvalue weighted by molar-refractivity contribution is 0.585. The van der Waals surface area contributed by atoms with Crippen molar-refractivity contribution in [3.8, 4) is 0 Å². The molecule has 2 rings (SSSR count). The van der Waals surface area contributed by atoms with Crippen molar-refractivity contribution in [2.75, 3.05) is 0 Å². The van der Waals surface area contributed by atoms with Crippen LogP contribution in [-0.4, -0.2) is 11.8 Å². The van der Waals surface area contributed by atoms with Crippen molar-refractivity contribution in [1.82, 2.24) is 0 Å². The van der Waals surface area contributed by atoms with Crippen molar-refractivity contribution in [2.45, 2.75) is 52.5 Å². The van der Waals surface area contributed by atoms with E-state index in [2.05, 4.69) is 82.2 Å². The van der Waals surface area contributed by atoms with Crippen molar-refractivity contribution in [1.29, 1.82) is 0 Å². The van der Waals surface area contributed by atoms with Gasteiger partial charge in [-0.3, -0.25) is 4.99 Å². The van der Waals surface area contributed by atoms with Gasteiger partial charge in [0.05, 0.1) is 5.54 Å². The smallest absolute Gasteiger partial charge is 0.0520 e. The second kappa shape index (κ2) is 5.78. The Morgan fingerprint density at radius 1 is 1.15 bits per heavy atom. The van der Waals surface area contributed by atoms with Crippen molar-refractivity contribution in [2.24, 2.45) is 4.99 Å². The molecule has 0 aliphatic heterocycles. The van der Waals surface area contributed by atoms with Crippen molar-refractivity contribution >= 4 is 6.21 Å². The molecule has 0 aromatic heterocycles. The van der Waals surface area contributed by atoms with Crippen LogP contribution in [0.25, 0.3) is 0 Å². The van der Waals surface area contributed by atoms with Gasteiger partial charge in [0.15, 0.2) is 0 Å². The van der Waals surface area contributed by atoms with Crippen molar-refractivity contribution < 1.29 is 0 Å². The summed E-state index contributed by atoms with van der Waals surface area (Å²) >= 11 is 0. The number of aliphatic imine (C=N–C) groups is 1. The number of allylic oxidation sites excluding steroid dienone is 4. The molecule has 0 N–H and O–H groups in total. The lowest BCUT2D eigenvalue weighted by atomic mass is 9.90. The van der Waals surface area contributed by atoms with Gasteiger partial charge in [0, 0.05) is 18.6 Å². The van der Waals surface area contributed by atoms with Gasteiger partial charge in [0.1, 0.15) is 0 Å². The molecule has 0 amide bonds. The van der Waals surface area contributed by atoms with E-state index < -0.39 is 0 Å². The number of nitrogens with zero attached hydrogens (tertiary/aromatic N) is 1. The quantitative estimate of drug-likeness (QED) is 0.677. The summed E-state index contributed by atoms with van der Waals surface area (Å²) in [6.07, 6.45) is 7.60. The van der Waals surface area contributed by atoms with Crippen LogP contribution < -0.4 is 0 Å². The predicted molar refractivity (Wildman–Crippen MR) is 88.6 cm³/mol. The molecule has 0 radical (unpaired) electrons. The van der Waals surface area contributed by atoms with Gasteiger partial charge >= 0.3 is 0 Å². The standard InChI is InChI=1S/C19H25N/c1-14-12-15(2)18(13-14)17-9-7-6-8-16(17)10-11-20-19(3,4)5/h6-9,11-13,18H,10H2,1-5H3. The molecule has 1 aliphatic rings. The van der Waals surface area contributed by atoms with Gasteiger partial charge in [0.2, 0.25) is 0 Å². The van der Waals surface area contributed by atoms with Gasteiger partial charge < -0.3 is 0 Å². The average Bonchev–Trinajstić information content (AvgIpc) is 2.67. The third-order valence-electron chi connectivity index (χ3n) is 3.56. The van der Waals surface area contributed by atoms with E-state index in [9.17, 15) is 0 Å². The Hall–Kier alpha value is -1.63. The number of hydrogen-bond donors (Lipinski definition) is 0. The summed E-state index contributed by atoms with van der Waals surface area (Å²) in [5.74, 6) is 0.439. The van der Waals surface area contributed by atoms with Crippen LogP contribution in [0.15, 0.2) is 52.6 Å². The molecule has 0 saturated carbocycles. The van der Waals surface area contributed by atoms with Crippen LogP contribution in [0.5, 0.6) is 0 Å². The molecule has 0 heterocycles. The summed E-state index contributed by atoms with van der Waals surface area (Å²) in [4.78, 5) is 4.60. The van der Waals surface area contributed by atoms with E-state index >= 15 is 0 Å². The Labute approximate surface area is 123 Å². The van der Waals surface area contributed by atoms with Gasteiger partial charge in [-0.1, -0.05) is 47.6 Å². The molecular weight excluding hydrogens is 242 g/mol. The summed E-state index contributed by atoms with van der Waals surface area (Å²) in [5, 5.41) is 0. The summed E-state index contributed by atoms with van der Waals surface area (Å²) < 4.78 is 0. The molecular formula is C19H25N. The normalized spacial score (nSPS) is 19.4. The highest BCUT2D eigenvalue weighted by Gasteiger charge is 2.18. The Morgan fingerprint density at radius 3 is 2.45 bits per heavy atom. The van der Waals surface area contributed by atoms with Crippen molar-refractivity contribution in [3.05, 3.63) is 58.7 Å². The molecule has 1 atom stereocenters. The number of rotatable bonds is 3. The number of benzene rings is 1. The molecule has 1 aromatic carbocycles. The second-order valence-corrected chi connectivity index (χ2v) is 6.66. The maximum Gasteiger partial charge on any atom is 0.0520 e. The van der Waals surface area contributed by atoms with Gasteiger partial charge in [-0.05, 0) is 45.7 Å². The SMILES string of the molecule is CC1=CC(c2ccccc2CC=NC(C)(C)C)C(C)=C1. The van der Waals surface area contributed by atoms with E-state index in [4.69, 9.17) is 0 Å². The molecule has 1 unspecified atom stereocenters. The first-order chi connectivity index (χ1) is 9.37. The van der Waals surface area contributed by atoms with Gasteiger partial charge in [0.25, 0.3) is 0 Å². The zero-order valence-corrected chi connectivity index (χ0v) is 13.3. The van der Waals surface area contributed by atoms with Gasteiger partial charge in [-0.25, -0.2) is 0 Å². The van der Waals surface area contributed by atoms with E-state index in [-0.39, 0.29) is 5.54 Å². The number of hydrogen-bond acceptors (Lipinski definition) is 1. The van der Waals surface area contributed by atoms with E-state index in [0.29, 0.717) is 5.92 Å². The van der Waals surface area contributed by atoms with E-state index in [1.165, 1.54) is 22.3 Å². The van der Waals surface area contributed by atoms with E-state index in [0.717, 1.165) is 6.42 Å². The van der Waals surface area contributed by atoms with Crippen LogP contribution in [0.2, 0.25) is 0 Å². The molecule has 1 nitrogen and oxygen atoms in total. The van der Waals surface area contributed by atoms with Crippen LogP contribution in [0.4, 0.5) is 0 Å². The summed E-state index contributed by atoms with van der Waals surface area (Å²) in [7, 11) is 0. The minimum atomic E-state index is 0.00854. The largest absolute Gasteiger partial charge is 0.291 e. The molecule has 0 fully saturated rings. The minimum absolute atomic E-state index is 0.00854. The first-order valence-electron chi connectivity index (χ1n) is 7.35. The molecule has 106 valence electrons. The Bertz CT molecular complexity index is 568. The van der Waals surface area contributed by atoms with E-state index in [1.54, 1.807) is 0 Å². The molecule has 1 heteroatoms. The molecule has 0 bridgehead atoms. The summed E-state index contributed by atoms with van der Waals surface area (Å²) in [5.41, 5.74) is 5.60. The molecule has 1 aliphatic carbocycles. The zero-order valence-electron chi connectivity index (χ0n) is 13.3. The van der Waals surface area contributed by atoms with Gasteiger partial charge in [-0.2, -0.15) is 0 Å². The molecule has 0 spiro atoms. The fourth-order valence-corrected chi connectivity index (χ4v) is 2.67. The fourth-order valence-electron chi connectivity index (χ4n) is 2.67. The molecule has 1 aromatic rings. The van der Waals surface area contributed by atoms with Crippen LogP contribution in [-0.2, 0) is 6.42 Å². The Balaban J connectivity index is 2.24. The summed E-state index contributed by atoms with van der Waals surface area (Å²) in [6, 6.07) is 8.72. The van der Waals surface area contributed by atoms with Gasteiger partial charge in [-0.15, -0.1) is 0 Å². The van der Waals surface area contributed by atoms with Crippen LogP contribution >= 0.6 is 0 Å². The monoisotopic (exact) mass is 267 g/mol. The third-order valence-corrected chi connectivity index (χ3v) is 3.56. The topological polar surface area (TPSA) is 12.4 Å². The summed E-state index contributed by atoms with van der Waals surface area (Å²) in [6.45, 7) is 10.8. The van der Waals surface area contributed by atoms with Crippen molar-refractivity contribution in [3.63, 3.8) is 0 Å². The Kier molecular flexibility index (Phi) is 4.27. The van der Waals surface area contributed by atoms with E-state index in [1.807, 2.05) is 0 Å². The van der Waals surface area contributed by atoms with Crippen LogP contribution in [0.3, 0.4) is 0 Å². The van der Waals surface area contributed by atoms with Crippen LogP contribution in [0.1, 0.15) is 51.7 Å². The highest BCUT2D eigenvalue weighted by molar-refractivity contribution is 5.64. The first kappa shape index (κ1) is 14.8. The lowest BCUT2D eigenvalue weighted by Gasteiger charge is -2.16. The minimum Gasteiger partial charge on any atom is -0.291 e. The Morgan fingerprint density at radius 2 is 1.85 bits per heavy atom. The maximum atomic E-state index is 4.60. The lowest BCUT2D eigenvalue weighted by Crippen LogP contribution is -2.10.